The Morgan fingerprint density at radius 2 is 1.00 bits per heavy atom. The Balaban J connectivity index is 4.25. The van der Waals surface area contributed by atoms with Gasteiger partial charge in [0.05, 0.1) is 0 Å². The molecule has 0 unspecified atom stereocenters. The molecule has 8 nitrogen and oxygen atoms in total. The zero-order valence-electron chi connectivity index (χ0n) is 17.5. The van der Waals surface area contributed by atoms with Crippen LogP contribution in [0, 0.1) is 23.7 Å². The van der Waals surface area contributed by atoms with Gasteiger partial charge in [-0.25, -0.2) is 0 Å². The first-order valence-electron chi connectivity index (χ1n) is 9.96. The molecule has 0 radical (unpaired) electrons. The van der Waals surface area contributed by atoms with Crippen LogP contribution in [0.25, 0.3) is 0 Å². The van der Waals surface area contributed by atoms with Crippen molar-refractivity contribution in [2.45, 2.75) is 66.2 Å². The van der Waals surface area contributed by atoms with E-state index in [1.165, 1.54) is 0 Å². The monoisotopic (exact) mass is 400 g/mol. The summed E-state index contributed by atoms with van der Waals surface area (Å²) in [5.74, 6) is -1.98. The minimum atomic E-state index is -0.892. The number of rotatable bonds is 15. The molecule has 162 valence electrons. The van der Waals surface area contributed by atoms with Crippen molar-refractivity contribution in [1.82, 2.24) is 10.6 Å². The van der Waals surface area contributed by atoms with Gasteiger partial charge in [0.2, 0.25) is 11.8 Å². The number of nitrogens with one attached hydrogen (secondary N) is 2. The van der Waals surface area contributed by atoms with Gasteiger partial charge in [0.25, 0.3) is 0 Å². The number of amides is 2. The fourth-order valence-electron chi connectivity index (χ4n) is 3.23. The maximum absolute atomic E-state index is 11.9. The van der Waals surface area contributed by atoms with E-state index in [0.29, 0.717) is 24.7 Å². The van der Waals surface area contributed by atoms with Crippen LogP contribution in [0.1, 0.15) is 66.2 Å². The fourth-order valence-corrected chi connectivity index (χ4v) is 3.23. The first kappa shape index (κ1) is 25.9. The number of aliphatic carboxylic acids is 2. The van der Waals surface area contributed by atoms with E-state index >= 15 is 0 Å². The number of carbonyl (C=O) groups is 4. The molecule has 0 aromatic carbocycles. The number of hydrogen-bond acceptors (Lipinski definition) is 4. The lowest BCUT2D eigenvalue weighted by atomic mass is 9.94. The first-order chi connectivity index (χ1) is 13.0. The van der Waals surface area contributed by atoms with Gasteiger partial charge in [-0.3, -0.25) is 19.2 Å². The smallest absolute Gasteiger partial charge is 0.303 e. The maximum Gasteiger partial charge on any atom is 0.303 e. The SMILES string of the molecule is CC(C)C[C@H](CNC(=O)CCC(=O)NC[C@@H](CC(=O)O)CC(C)C)CC(=O)O. The van der Waals surface area contributed by atoms with Gasteiger partial charge in [-0.1, -0.05) is 27.7 Å². The lowest BCUT2D eigenvalue weighted by molar-refractivity contribution is -0.139. The van der Waals surface area contributed by atoms with E-state index in [1.54, 1.807) is 0 Å². The molecule has 0 aliphatic heterocycles. The van der Waals surface area contributed by atoms with Crippen LogP contribution in [-0.2, 0) is 19.2 Å². The average molecular weight is 401 g/mol. The maximum atomic E-state index is 11.9. The molecule has 0 saturated heterocycles. The van der Waals surface area contributed by atoms with Crippen molar-refractivity contribution < 1.29 is 29.4 Å². The van der Waals surface area contributed by atoms with Gasteiger partial charge in [-0.2, -0.15) is 0 Å². The van der Waals surface area contributed by atoms with E-state index < -0.39 is 11.9 Å². The summed E-state index contributed by atoms with van der Waals surface area (Å²) in [6.07, 6.45) is 1.43. The van der Waals surface area contributed by atoms with Gasteiger partial charge in [0.15, 0.2) is 0 Å². The number of carbonyl (C=O) groups excluding carboxylic acids is 2. The molecule has 0 aromatic rings. The Hall–Kier alpha value is -2.12. The highest BCUT2D eigenvalue weighted by Gasteiger charge is 2.18. The number of carboxylic acid groups (broad SMARTS) is 2. The molecule has 8 heteroatoms. The molecule has 4 N–H and O–H groups in total. The van der Waals surface area contributed by atoms with E-state index in [2.05, 4.69) is 10.6 Å². The minimum Gasteiger partial charge on any atom is -0.481 e. The van der Waals surface area contributed by atoms with E-state index in [1.807, 2.05) is 27.7 Å². The quantitative estimate of drug-likeness (QED) is 0.333. The zero-order valence-corrected chi connectivity index (χ0v) is 17.5. The van der Waals surface area contributed by atoms with Crippen LogP contribution in [-0.4, -0.2) is 47.1 Å². The van der Waals surface area contributed by atoms with Gasteiger partial charge in [-0.05, 0) is 36.5 Å². The highest BCUT2D eigenvalue weighted by atomic mass is 16.4. The Kier molecular flexibility index (Phi) is 12.9. The van der Waals surface area contributed by atoms with Crippen LogP contribution in [0.3, 0.4) is 0 Å². The molecule has 0 aliphatic carbocycles. The third-order valence-corrected chi connectivity index (χ3v) is 4.29. The fraction of sp³-hybridized carbons (Fsp3) is 0.800. The van der Waals surface area contributed by atoms with E-state index in [9.17, 15) is 19.2 Å². The molecule has 0 rings (SSSR count). The summed E-state index contributed by atoms with van der Waals surface area (Å²) in [5.41, 5.74) is 0. The van der Waals surface area contributed by atoms with Gasteiger partial charge in [-0.15, -0.1) is 0 Å². The molecule has 0 aromatic heterocycles. The summed E-state index contributed by atoms with van der Waals surface area (Å²) >= 11 is 0. The van der Waals surface area contributed by atoms with E-state index in [0.717, 1.165) is 0 Å². The van der Waals surface area contributed by atoms with Crippen LogP contribution >= 0.6 is 0 Å². The van der Waals surface area contributed by atoms with E-state index in [4.69, 9.17) is 10.2 Å². The highest BCUT2D eigenvalue weighted by molar-refractivity contribution is 5.83. The molecular weight excluding hydrogens is 364 g/mol. The van der Waals surface area contributed by atoms with E-state index in [-0.39, 0.29) is 62.4 Å². The van der Waals surface area contributed by atoms with Crippen molar-refractivity contribution >= 4 is 23.8 Å². The minimum absolute atomic E-state index is 0.000235. The molecule has 0 fully saturated rings. The zero-order chi connectivity index (χ0) is 21.7. The Morgan fingerprint density at radius 3 is 1.25 bits per heavy atom. The first-order valence-corrected chi connectivity index (χ1v) is 9.96. The second kappa shape index (κ2) is 14.0. The normalized spacial score (nSPS) is 13.2. The molecule has 0 saturated carbocycles. The molecule has 0 bridgehead atoms. The summed E-state index contributed by atoms with van der Waals surface area (Å²) in [7, 11) is 0. The third kappa shape index (κ3) is 15.0. The Morgan fingerprint density at radius 1 is 0.679 bits per heavy atom. The Labute approximate surface area is 167 Å². The lowest BCUT2D eigenvalue weighted by Crippen LogP contribution is -2.34. The van der Waals surface area contributed by atoms with Gasteiger partial charge in [0.1, 0.15) is 0 Å². The van der Waals surface area contributed by atoms with Crippen LogP contribution in [0.5, 0.6) is 0 Å². The van der Waals surface area contributed by atoms with Crippen molar-refractivity contribution in [3.63, 3.8) is 0 Å². The van der Waals surface area contributed by atoms with Crippen LogP contribution in [0.2, 0.25) is 0 Å². The largest absolute Gasteiger partial charge is 0.481 e. The predicted octanol–water partition coefficient (Wildman–Crippen LogP) is 2.27. The van der Waals surface area contributed by atoms with Crippen molar-refractivity contribution in [3.8, 4) is 0 Å². The van der Waals surface area contributed by atoms with Crippen LogP contribution in [0.4, 0.5) is 0 Å². The van der Waals surface area contributed by atoms with Crippen molar-refractivity contribution in [1.29, 1.82) is 0 Å². The van der Waals surface area contributed by atoms with Gasteiger partial charge in [0, 0.05) is 38.8 Å². The highest BCUT2D eigenvalue weighted by Crippen LogP contribution is 2.15. The topological polar surface area (TPSA) is 133 Å². The van der Waals surface area contributed by atoms with Crippen LogP contribution in [0.15, 0.2) is 0 Å². The standard InChI is InChI=1S/C20H36N2O6/c1-13(2)7-15(9-19(25)26)11-21-17(23)5-6-18(24)22-12-16(8-14(3)4)10-20(27)28/h13-16H,5-12H2,1-4H3,(H,21,23)(H,22,24)(H,25,26)(H,27,28)/t15-,16+. The Bertz CT molecular complexity index is 473. The summed E-state index contributed by atoms with van der Waals surface area (Å²) in [6.45, 7) is 8.55. The lowest BCUT2D eigenvalue weighted by Gasteiger charge is -2.18. The number of hydrogen-bond donors (Lipinski definition) is 4. The summed E-state index contributed by atoms with van der Waals surface area (Å²) in [4.78, 5) is 45.7. The molecule has 0 heterocycles. The summed E-state index contributed by atoms with van der Waals surface area (Å²) in [5, 5.41) is 23.3. The third-order valence-electron chi connectivity index (χ3n) is 4.29. The van der Waals surface area contributed by atoms with Crippen molar-refractivity contribution in [3.05, 3.63) is 0 Å². The van der Waals surface area contributed by atoms with Crippen LogP contribution < -0.4 is 10.6 Å². The second-order valence-corrected chi connectivity index (χ2v) is 8.30. The molecule has 28 heavy (non-hydrogen) atoms. The molecule has 2 atom stereocenters. The van der Waals surface area contributed by atoms with Gasteiger partial charge < -0.3 is 20.8 Å². The summed E-state index contributed by atoms with van der Waals surface area (Å²) < 4.78 is 0. The summed E-state index contributed by atoms with van der Waals surface area (Å²) in [6, 6.07) is 0. The molecule has 0 aliphatic rings. The average Bonchev–Trinajstić information content (AvgIpc) is 2.53. The molecule has 0 spiro atoms. The molecular formula is C20H36N2O6. The van der Waals surface area contributed by atoms with Gasteiger partial charge >= 0.3 is 11.9 Å². The van der Waals surface area contributed by atoms with Crippen molar-refractivity contribution in [2.24, 2.45) is 23.7 Å². The van der Waals surface area contributed by atoms with Crippen molar-refractivity contribution in [2.75, 3.05) is 13.1 Å². The molecule has 2 amide bonds. The predicted molar refractivity (Wildman–Crippen MR) is 106 cm³/mol. The number of carboxylic acids is 2. The second-order valence-electron chi connectivity index (χ2n) is 8.30.